The van der Waals surface area contributed by atoms with Gasteiger partial charge in [-0.1, -0.05) is 6.92 Å². The zero-order chi connectivity index (χ0) is 3.49. The molecular weight excluding hydrogens is 60.1 g/mol. The van der Waals surface area contributed by atoms with Crippen molar-refractivity contribution in [2.24, 2.45) is 11.3 Å². The van der Waals surface area contributed by atoms with E-state index >= 15 is 0 Å². The zero-order valence-corrected chi connectivity index (χ0v) is 3.49. The molecule has 0 atom stereocenters. The molecule has 5 heavy (non-hydrogen) atoms. The van der Waals surface area contributed by atoms with E-state index in [1.807, 2.05) is 0 Å². The van der Waals surface area contributed by atoms with Crippen LogP contribution < -0.4 is 0 Å². The molecule has 0 aromatic rings. The van der Waals surface area contributed by atoms with E-state index in [1.165, 1.54) is 5.92 Å². The molecule has 2 fully saturated rings. The molecule has 2 aliphatic carbocycles. The lowest BCUT2D eigenvalue weighted by Gasteiger charge is -1.79. The van der Waals surface area contributed by atoms with E-state index < -0.39 is 0 Å². The highest BCUT2D eigenvalue weighted by Crippen LogP contribution is 2.74. The van der Waals surface area contributed by atoms with Crippen LogP contribution in [0.5, 0.6) is 0 Å². The molecule has 0 aromatic carbocycles. The summed E-state index contributed by atoms with van der Waals surface area (Å²) in [6, 6.07) is 0. The van der Waals surface area contributed by atoms with Gasteiger partial charge in [0, 0.05) is 0 Å². The first-order chi connectivity index (χ1) is 2.31. The summed E-state index contributed by atoms with van der Waals surface area (Å²) >= 11 is 0. The van der Waals surface area contributed by atoms with Gasteiger partial charge in [0.25, 0.3) is 0 Å². The first-order valence-electron chi connectivity index (χ1n) is 2.31. The molecule has 0 N–H and O–H groups in total. The van der Waals surface area contributed by atoms with Gasteiger partial charge in [0.2, 0.25) is 0 Å². The van der Waals surface area contributed by atoms with E-state index in [4.69, 9.17) is 0 Å². The Labute approximate surface area is 32.2 Å². The highest BCUT2D eigenvalue weighted by Gasteiger charge is 2.65. The highest BCUT2D eigenvalue weighted by atomic mass is 14.7. The zero-order valence-electron chi connectivity index (χ0n) is 3.49. The summed E-state index contributed by atoms with van der Waals surface area (Å²) in [5.74, 6) is 1.20. The van der Waals surface area contributed by atoms with Crippen LogP contribution in [0.1, 0.15) is 19.8 Å². The van der Waals surface area contributed by atoms with Gasteiger partial charge >= 0.3 is 0 Å². The van der Waals surface area contributed by atoms with Crippen LogP contribution in [0.2, 0.25) is 0 Å². The monoisotopic (exact) mass is 68.1 g/mol. The van der Waals surface area contributed by atoms with Crippen LogP contribution in [-0.4, -0.2) is 0 Å². The van der Waals surface area contributed by atoms with Gasteiger partial charge in [-0.15, -0.1) is 0 Å². The number of hydrogen-bond donors (Lipinski definition) is 0. The Kier molecular flexibility index (Phi) is 0.132. The molecule has 0 amide bonds. The van der Waals surface area contributed by atoms with Gasteiger partial charge in [0.05, 0.1) is 0 Å². The lowest BCUT2D eigenvalue weighted by Crippen LogP contribution is -1.67. The Morgan fingerprint density at radius 1 is 1.60 bits per heavy atom. The molecule has 0 unspecified atom stereocenters. The van der Waals surface area contributed by atoms with Gasteiger partial charge in [-0.25, -0.2) is 0 Å². The third kappa shape index (κ3) is 0.111. The van der Waals surface area contributed by atoms with E-state index in [-0.39, 0.29) is 0 Å². The first-order valence-corrected chi connectivity index (χ1v) is 2.31. The van der Waals surface area contributed by atoms with Crippen LogP contribution >= 0.6 is 0 Å². The number of rotatable bonds is 0. The Morgan fingerprint density at radius 3 is 1.80 bits per heavy atom. The van der Waals surface area contributed by atoms with Crippen LogP contribution in [0.4, 0.5) is 0 Å². The van der Waals surface area contributed by atoms with Crippen molar-refractivity contribution in [3.8, 4) is 0 Å². The van der Waals surface area contributed by atoms with Crippen molar-refractivity contribution in [1.29, 1.82) is 0 Å². The fourth-order valence-electron chi connectivity index (χ4n) is 0.948. The SMILES string of the molecule is CC12CC1C2. The summed E-state index contributed by atoms with van der Waals surface area (Å²) in [4.78, 5) is 0. The average molecular weight is 68.1 g/mol. The van der Waals surface area contributed by atoms with Crippen LogP contribution in [0.15, 0.2) is 0 Å². The third-order valence-electron chi connectivity index (χ3n) is 2.09. The topological polar surface area (TPSA) is 0 Å². The quantitative estimate of drug-likeness (QED) is 0.402. The Hall–Kier alpha value is 0. The summed E-state index contributed by atoms with van der Waals surface area (Å²) in [5.41, 5.74) is 0.917. The predicted molar refractivity (Wildman–Crippen MR) is 20.8 cm³/mol. The van der Waals surface area contributed by atoms with Crippen molar-refractivity contribution in [3.63, 3.8) is 0 Å². The second kappa shape index (κ2) is 0.298. The summed E-state index contributed by atoms with van der Waals surface area (Å²) in [6.45, 7) is 2.37. The molecule has 0 radical (unpaired) electrons. The van der Waals surface area contributed by atoms with E-state index in [2.05, 4.69) is 6.92 Å². The van der Waals surface area contributed by atoms with Gasteiger partial charge in [0.15, 0.2) is 0 Å². The van der Waals surface area contributed by atoms with Crippen LogP contribution in [0, 0.1) is 11.3 Å². The van der Waals surface area contributed by atoms with E-state index in [0.717, 1.165) is 5.41 Å². The Morgan fingerprint density at radius 2 is 1.80 bits per heavy atom. The molecule has 0 bridgehead atoms. The van der Waals surface area contributed by atoms with Gasteiger partial charge in [-0.3, -0.25) is 0 Å². The van der Waals surface area contributed by atoms with Gasteiger partial charge in [-0.05, 0) is 24.2 Å². The van der Waals surface area contributed by atoms with Gasteiger partial charge in [0.1, 0.15) is 0 Å². The molecule has 0 aromatic heterocycles. The summed E-state index contributed by atoms with van der Waals surface area (Å²) in [7, 11) is 0. The molecule has 2 saturated carbocycles. The minimum atomic E-state index is 0.917. The molecule has 0 heteroatoms. The minimum Gasteiger partial charge on any atom is -0.0594 e. The predicted octanol–water partition coefficient (Wildman–Crippen LogP) is 1.42. The Bertz CT molecular complexity index is 68.1. The summed E-state index contributed by atoms with van der Waals surface area (Å²) in [5, 5.41) is 0. The molecule has 0 heterocycles. The van der Waals surface area contributed by atoms with Crippen molar-refractivity contribution < 1.29 is 0 Å². The van der Waals surface area contributed by atoms with Crippen molar-refractivity contribution in [3.05, 3.63) is 0 Å². The lowest BCUT2D eigenvalue weighted by atomic mass is 10.3. The van der Waals surface area contributed by atoms with Crippen LogP contribution in [0.3, 0.4) is 0 Å². The summed E-state index contributed by atoms with van der Waals surface area (Å²) in [6.07, 6.45) is 3.10. The molecule has 0 nitrogen and oxygen atoms in total. The van der Waals surface area contributed by atoms with Crippen LogP contribution in [-0.2, 0) is 0 Å². The molecular formula is C5H8. The molecule has 0 aliphatic heterocycles. The first kappa shape index (κ1) is 2.22. The maximum atomic E-state index is 2.37. The molecule has 2 aliphatic rings. The largest absolute Gasteiger partial charge is 0.0594 e. The summed E-state index contributed by atoms with van der Waals surface area (Å²) < 4.78 is 0. The van der Waals surface area contributed by atoms with E-state index in [0.29, 0.717) is 0 Å². The Balaban J connectivity index is 2.37. The maximum Gasteiger partial charge on any atom is -0.0291 e. The smallest absolute Gasteiger partial charge is 0.0291 e. The maximum absolute atomic E-state index is 2.37. The van der Waals surface area contributed by atoms with Crippen molar-refractivity contribution in [1.82, 2.24) is 0 Å². The second-order valence-electron chi connectivity index (χ2n) is 2.76. The highest BCUT2D eigenvalue weighted by molar-refractivity contribution is 5.15. The second-order valence-corrected chi connectivity index (χ2v) is 2.76. The van der Waals surface area contributed by atoms with E-state index in [1.54, 1.807) is 12.8 Å². The fraction of sp³-hybridized carbons (Fsp3) is 1.00. The average Bonchev–Trinajstić information content (AvgIpc) is 1.74. The third-order valence-corrected chi connectivity index (χ3v) is 2.09. The normalized spacial score (nSPS) is 70.2. The van der Waals surface area contributed by atoms with Crippen molar-refractivity contribution in [2.45, 2.75) is 19.8 Å². The lowest BCUT2D eigenvalue weighted by molar-refractivity contribution is 0.723. The van der Waals surface area contributed by atoms with Crippen molar-refractivity contribution >= 4 is 0 Å². The number of fused-ring (bicyclic) bond motifs is 1. The fourth-order valence-corrected chi connectivity index (χ4v) is 0.948. The molecule has 0 saturated heterocycles. The molecule has 2 rings (SSSR count). The van der Waals surface area contributed by atoms with E-state index in [9.17, 15) is 0 Å². The van der Waals surface area contributed by atoms with Crippen LogP contribution in [0.25, 0.3) is 0 Å². The molecule has 28 valence electrons. The van der Waals surface area contributed by atoms with Gasteiger partial charge < -0.3 is 0 Å². The van der Waals surface area contributed by atoms with Gasteiger partial charge in [-0.2, -0.15) is 0 Å². The standard InChI is InChI=1S/C5H8/c1-5-2-4(5)3-5/h4H,2-3H2,1H3. The number of hydrogen-bond acceptors (Lipinski definition) is 0. The molecule has 0 spiro atoms. The minimum absolute atomic E-state index is 0.917. The van der Waals surface area contributed by atoms with Crippen molar-refractivity contribution in [2.75, 3.05) is 0 Å².